The Morgan fingerprint density at radius 2 is 1.36 bits per heavy atom. The molecule has 0 aromatic rings. The van der Waals surface area contributed by atoms with Crippen molar-refractivity contribution < 1.29 is 0 Å². The smallest absolute Gasteiger partial charge is 0.0648 e. The monoisotopic (exact) mass is 228 g/mol. The lowest BCUT2D eigenvalue weighted by Crippen LogP contribution is -2.31. The molecule has 0 amide bonds. The molecule has 0 radical (unpaired) electrons. The summed E-state index contributed by atoms with van der Waals surface area (Å²) in [4.78, 5) is 0. The van der Waals surface area contributed by atoms with E-state index in [-0.39, 0.29) is 0 Å². The van der Waals surface area contributed by atoms with Crippen LogP contribution in [-0.2, 0) is 0 Å². The number of allylic oxidation sites excluding steroid dienone is 3. The molecule has 0 atom stereocenters. The zero-order chi connectivity index (χ0) is 10.9. The van der Waals surface area contributed by atoms with E-state index in [1.165, 1.54) is 6.04 Å². The van der Waals surface area contributed by atoms with Crippen molar-refractivity contribution in [3.05, 3.63) is 38.0 Å². The van der Waals surface area contributed by atoms with Crippen LogP contribution in [0.2, 0.25) is 24.2 Å². The van der Waals surface area contributed by atoms with Gasteiger partial charge in [-0.15, -0.1) is 31.3 Å². The molecule has 0 aliphatic carbocycles. The zero-order valence-electron chi connectivity index (χ0n) is 8.97. The van der Waals surface area contributed by atoms with E-state index in [0.717, 1.165) is 30.4 Å². The molecule has 0 aliphatic rings. The third kappa shape index (κ3) is 4.82. The van der Waals surface area contributed by atoms with Crippen LogP contribution >= 0.6 is 11.6 Å². The van der Waals surface area contributed by atoms with E-state index in [1.54, 1.807) is 0 Å². The lowest BCUT2D eigenvalue weighted by molar-refractivity contribution is 1.03. The SMILES string of the molecule is C=CC[Si](CC=C)(CC=C)CCCCl. The first-order chi connectivity index (χ1) is 6.74. The molecule has 14 heavy (non-hydrogen) atoms. The quantitative estimate of drug-likeness (QED) is 0.307. The van der Waals surface area contributed by atoms with Crippen LogP contribution in [0.3, 0.4) is 0 Å². The molecular formula is C12H21ClSi. The van der Waals surface area contributed by atoms with Gasteiger partial charge in [-0.1, -0.05) is 24.3 Å². The van der Waals surface area contributed by atoms with Gasteiger partial charge in [-0.25, -0.2) is 0 Å². The Morgan fingerprint density at radius 3 is 1.64 bits per heavy atom. The Labute approximate surface area is 94.4 Å². The number of hydrogen-bond donors (Lipinski definition) is 0. The predicted octanol–water partition coefficient (Wildman–Crippen LogP) is 4.62. The number of halogens is 1. The van der Waals surface area contributed by atoms with Gasteiger partial charge in [-0.2, -0.15) is 0 Å². The molecule has 0 unspecified atom stereocenters. The van der Waals surface area contributed by atoms with Crippen LogP contribution < -0.4 is 0 Å². The second kappa shape index (κ2) is 8.07. The summed E-state index contributed by atoms with van der Waals surface area (Å²) < 4.78 is 0. The van der Waals surface area contributed by atoms with Crippen LogP contribution in [0.5, 0.6) is 0 Å². The lowest BCUT2D eigenvalue weighted by atomic mass is 10.6. The molecule has 0 aromatic heterocycles. The summed E-state index contributed by atoms with van der Waals surface area (Å²) in [5, 5.41) is 0. The Kier molecular flexibility index (Phi) is 7.91. The second-order valence-electron chi connectivity index (χ2n) is 3.77. The highest BCUT2D eigenvalue weighted by atomic mass is 35.5. The third-order valence-electron chi connectivity index (χ3n) is 2.57. The van der Waals surface area contributed by atoms with Crippen LogP contribution in [0.25, 0.3) is 0 Å². The topological polar surface area (TPSA) is 0 Å². The first-order valence-corrected chi connectivity index (χ1v) is 8.49. The van der Waals surface area contributed by atoms with Crippen molar-refractivity contribution in [2.75, 3.05) is 5.88 Å². The second-order valence-corrected chi connectivity index (χ2v) is 8.87. The predicted molar refractivity (Wildman–Crippen MR) is 70.9 cm³/mol. The van der Waals surface area contributed by atoms with Gasteiger partial charge in [0, 0.05) is 5.88 Å². The van der Waals surface area contributed by atoms with Gasteiger partial charge in [0.25, 0.3) is 0 Å². The third-order valence-corrected chi connectivity index (χ3v) is 7.72. The minimum absolute atomic E-state index is 0.764. The molecular weight excluding hydrogens is 208 g/mol. The maximum Gasteiger partial charge on any atom is 0.0648 e. The molecule has 0 heterocycles. The van der Waals surface area contributed by atoms with E-state index in [2.05, 4.69) is 19.7 Å². The summed E-state index contributed by atoms with van der Waals surface area (Å²) in [6, 6.07) is 4.73. The molecule has 0 saturated carbocycles. The summed E-state index contributed by atoms with van der Waals surface area (Å²) in [6.07, 6.45) is 7.26. The maximum atomic E-state index is 5.75. The van der Waals surface area contributed by atoms with Gasteiger partial charge in [-0.05, 0) is 24.6 Å². The van der Waals surface area contributed by atoms with Gasteiger partial charge < -0.3 is 0 Å². The van der Waals surface area contributed by atoms with Gasteiger partial charge in [0.1, 0.15) is 0 Å². The van der Waals surface area contributed by atoms with Crippen molar-refractivity contribution in [2.45, 2.75) is 30.6 Å². The number of hydrogen-bond acceptors (Lipinski definition) is 0. The number of rotatable bonds is 9. The minimum Gasteiger partial charge on any atom is -0.127 e. The normalized spacial score (nSPS) is 10.9. The molecule has 0 N–H and O–H groups in total. The van der Waals surface area contributed by atoms with Crippen molar-refractivity contribution >= 4 is 19.7 Å². The standard InChI is InChI=1S/C12H21ClSi/c1-4-9-14(10-5-2,11-6-3)12-7-8-13/h4-6H,1-3,7-12H2. The Bertz CT molecular complexity index is 160. The Hall–Kier alpha value is -0.273. The van der Waals surface area contributed by atoms with E-state index in [4.69, 9.17) is 11.6 Å². The van der Waals surface area contributed by atoms with Crippen molar-refractivity contribution in [2.24, 2.45) is 0 Å². The highest BCUT2D eigenvalue weighted by Crippen LogP contribution is 2.28. The van der Waals surface area contributed by atoms with Crippen molar-refractivity contribution in [1.82, 2.24) is 0 Å². The molecule has 0 nitrogen and oxygen atoms in total. The van der Waals surface area contributed by atoms with Crippen molar-refractivity contribution in [3.8, 4) is 0 Å². The summed E-state index contributed by atoms with van der Waals surface area (Å²) in [5.74, 6) is 0.764. The highest BCUT2D eigenvalue weighted by molar-refractivity contribution is 6.81. The van der Waals surface area contributed by atoms with Crippen LogP contribution in [0.1, 0.15) is 6.42 Å². The molecule has 0 aliphatic heterocycles. The van der Waals surface area contributed by atoms with Gasteiger partial charge in [0.2, 0.25) is 0 Å². The van der Waals surface area contributed by atoms with E-state index in [1.807, 2.05) is 18.2 Å². The largest absolute Gasteiger partial charge is 0.127 e. The maximum absolute atomic E-state index is 5.75. The van der Waals surface area contributed by atoms with E-state index in [9.17, 15) is 0 Å². The first kappa shape index (κ1) is 13.7. The Balaban J connectivity index is 4.43. The molecule has 0 aromatic carbocycles. The molecule has 0 rings (SSSR count). The average Bonchev–Trinajstić information content (AvgIpc) is 2.16. The molecule has 80 valence electrons. The molecule has 0 bridgehead atoms. The van der Waals surface area contributed by atoms with Gasteiger partial charge in [0.05, 0.1) is 8.07 Å². The fraction of sp³-hybridized carbons (Fsp3) is 0.500. The van der Waals surface area contributed by atoms with E-state index in [0.29, 0.717) is 0 Å². The molecule has 0 fully saturated rings. The van der Waals surface area contributed by atoms with Crippen LogP contribution in [0, 0.1) is 0 Å². The molecule has 0 spiro atoms. The molecule has 0 saturated heterocycles. The van der Waals surface area contributed by atoms with Crippen LogP contribution in [0.4, 0.5) is 0 Å². The van der Waals surface area contributed by atoms with Gasteiger partial charge in [-0.3, -0.25) is 0 Å². The zero-order valence-corrected chi connectivity index (χ0v) is 10.7. The van der Waals surface area contributed by atoms with Gasteiger partial charge in [0.15, 0.2) is 0 Å². The average molecular weight is 229 g/mol. The van der Waals surface area contributed by atoms with Crippen LogP contribution in [0.15, 0.2) is 38.0 Å². The summed E-state index contributed by atoms with van der Waals surface area (Å²) >= 11 is 5.75. The lowest BCUT2D eigenvalue weighted by Gasteiger charge is -2.28. The summed E-state index contributed by atoms with van der Waals surface area (Å²) in [5.41, 5.74) is 0. The van der Waals surface area contributed by atoms with Crippen molar-refractivity contribution in [3.63, 3.8) is 0 Å². The number of alkyl halides is 1. The van der Waals surface area contributed by atoms with Crippen LogP contribution in [-0.4, -0.2) is 14.0 Å². The van der Waals surface area contributed by atoms with E-state index >= 15 is 0 Å². The summed E-state index contributed by atoms with van der Waals surface area (Å²) in [6.45, 7) is 11.6. The molecule has 2 heteroatoms. The fourth-order valence-corrected chi connectivity index (χ4v) is 6.15. The first-order valence-electron chi connectivity index (χ1n) is 5.13. The minimum atomic E-state index is -1.26. The highest BCUT2D eigenvalue weighted by Gasteiger charge is 2.27. The van der Waals surface area contributed by atoms with E-state index < -0.39 is 8.07 Å². The summed E-state index contributed by atoms with van der Waals surface area (Å²) in [7, 11) is -1.26. The fourth-order valence-electron chi connectivity index (χ4n) is 1.92. The van der Waals surface area contributed by atoms with Gasteiger partial charge >= 0.3 is 0 Å². The van der Waals surface area contributed by atoms with Crippen molar-refractivity contribution in [1.29, 1.82) is 0 Å². The Morgan fingerprint density at radius 1 is 0.929 bits per heavy atom.